The molecule has 1 aliphatic heterocycles. The first kappa shape index (κ1) is 20.7. The SMILES string of the molecule is COCCc1ccc(OCCCC(=O)NCC2CCCN2)cc1.Cl. The Balaban J connectivity index is 0.00000288. The maximum Gasteiger partial charge on any atom is 0.220 e. The fourth-order valence-electron chi connectivity index (χ4n) is 2.65. The van der Waals surface area contributed by atoms with Crippen molar-refractivity contribution in [1.29, 1.82) is 0 Å². The van der Waals surface area contributed by atoms with Gasteiger partial charge in [-0.15, -0.1) is 12.4 Å². The van der Waals surface area contributed by atoms with E-state index in [0.717, 1.165) is 44.7 Å². The van der Waals surface area contributed by atoms with E-state index in [9.17, 15) is 4.79 Å². The molecule has 0 bridgehead atoms. The lowest BCUT2D eigenvalue weighted by Crippen LogP contribution is -2.37. The standard InChI is InChI=1S/C18H28N2O3.ClH/c1-22-13-10-15-6-8-17(9-7-15)23-12-3-5-18(21)20-14-16-4-2-11-19-16;/h6-9,16,19H,2-5,10-14H2,1H3,(H,20,21);1H. The van der Waals surface area contributed by atoms with E-state index in [4.69, 9.17) is 9.47 Å². The molecule has 0 spiro atoms. The second-order valence-electron chi connectivity index (χ2n) is 5.94. The highest BCUT2D eigenvalue weighted by atomic mass is 35.5. The number of rotatable bonds is 10. The largest absolute Gasteiger partial charge is 0.494 e. The number of ether oxygens (including phenoxy) is 2. The molecule has 1 heterocycles. The maximum absolute atomic E-state index is 11.7. The third-order valence-electron chi connectivity index (χ3n) is 4.04. The van der Waals surface area contributed by atoms with Crippen LogP contribution in [-0.4, -0.2) is 45.4 Å². The van der Waals surface area contributed by atoms with Gasteiger partial charge in [-0.1, -0.05) is 12.1 Å². The molecule has 1 unspecified atom stereocenters. The number of hydrogen-bond donors (Lipinski definition) is 2. The van der Waals surface area contributed by atoms with Crippen LogP contribution >= 0.6 is 12.4 Å². The zero-order chi connectivity index (χ0) is 16.3. The molecule has 2 rings (SSSR count). The fraction of sp³-hybridized carbons (Fsp3) is 0.611. The van der Waals surface area contributed by atoms with Crippen LogP contribution in [0.3, 0.4) is 0 Å². The monoisotopic (exact) mass is 356 g/mol. The molecule has 6 heteroatoms. The molecule has 2 N–H and O–H groups in total. The zero-order valence-corrected chi connectivity index (χ0v) is 15.2. The molecule has 136 valence electrons. The molecule has 0 aliphatic carbocycles. The highest BCUT2D eigenvalue weighted by molar-refractivity contribution is 5.85. The summed E-state index contributed by atoms with van der Waals surface area (Å²) in [6, 6.07) is 8.49. The van der Waals surface area contributed by atoms with Crippen molar-refractivity contribution in [3.8, 4) is 5.75 Å². The summed E-state index contributed by atoms with van der Waals surface area (Å²) in [6.45, 7) is 3.10. The summed E-state index contributed by atoms with van der Waals surface area (Å²) in [4.78, 5) is 11.7. The topological polar surface area (TPSA) is 59.6 Å². The highest BCUT2D eigenvalue weighted by Gasteiger charge is 2.14. The molecule has 1 atom stereocenters. The van der Waals surface area contributed by atoms with Gasteiger partial charge in [0.2, 0.25) is 5.91 Å². The van der Waals surface area contributed by atoms with Crippen molar-refractivity contribution in [2.24, 2.45) is 0 Å². The number of amides is 1. The second-order valence-corrected chi connectivity index (χ2v) is 5.94. The Morgan fingerprint density at radius 3 is 2.75 bits per heavy atom. The number of benzene rings is 1. The molecule has 1 aliphatic rings. The third-order valence-corrected chi connectivity index (χ3v) is 4.04. The van der Waals surface area contributed by atoms with Crippen molar-refractivity contribution < 1.29 is 14.3 Å². The Bertz CT molecular complexity index is 462. The van der Waals surface area contributed by atoms with Gasteiger partial charge < -0.3 is 20.1 Å². The summed E-state index contributed by atoms with van der Waals surface area (Å²) >= 11 is 0. The summed E-state index contributed by atoms with van der Waals surface area (Å²) in [5.41, 5.74) is 1.24. The minimum atomic E-state index is 0. The van der Waals surface area contributed by atoms with E-state index in [0.29, 0.717) is 19.1 Å². The van der Waals surface area contributed by atoms with Crippen LogP contribution in [0.2, 0.25) is 0 Å². The van der Waals surface area contributed by atoms with Gasteiger partial charge in [0, 0.05) is 26.1 Å². The Morgan fingerprint density at radius 2 is 2.08 bits per heavy atom. The van der Waals surface area contributed by atoms with Gasteiger partial charge in [-0.05, 0) is 49.9 Å². The van der Waals surface area contributed by atoms with Crippen LogP contribution in [0.25, 0.3) is 0 Å². The number of methoxy groups -OCH3 is 1. The van der Waals surface area contributed by atoms with Crippen LogP contribution in [0.5, 0.6) is 5.75 Å². The molecular weight excluding hydrogens is 328 g/mol. The number of halogens is 1. The summed E-state index contributed by atoms with van der Waals surface area (Å²) in [5, 5.41) is 6.35. The van der Waals surface area contributed by atoms with Gasteiger partial charge in [-0.25, -0.2) is 0 Å². The number of nitrogens with one attached hydrogen (secondary N) is 2. The van der Waals surface area contributed by atoms with Crippen molar-refractivity contribution in [2.45, 2.75) is 38.1 Å². The molecule has 5 nitrogen and oxygen atoms in total. The smallest absolute Gasteiger partial charge is 0.220 e. The van der Waals surface area contributed by atoms with Gasteiger partial charge in [0.15, 0.2) is 0 Å². The van der Waals surface area contributed by atoms with E-state index in [1.165, 1.54) is 12.0 Å². The average molecular weight is 357 g/mol. The van der Waals surface area contributed by atoms with Crippen LogP contribution in [0.1, 0.15) is 31.2 Å². The molecule has 0 saturated carbocycles. The van der Waals surface area contributed by atoms with Crippen LogP contribution in [-0.2, 0) is 16.0 Å². The van der Waals surface area contributed by atoms with E-state index in [1.54, 1.807) is 7.11 Å². The van der Waals surface area contributed by atoms with Gasteiger partial charge in [0.25, 0.3) is 0 Å². The average Bonchev–Trinajstić information content (AvgIpc) is 3.09. The van der Waals surface area contributed by atoms with E-state index < -0.39 is 0 Å². The first-order valence-electron chi connectivity index (χ1n) is 8.48. The van der Waals surface area contributed by atoms with Crippen molar-refractivity contribution in [2.75, 3.05) is 33.4 Å². The number of hydrogen-bond acceptors (Lipinski definition) is 4. The van der Waals surface area contributed by atoms with Crippen LogP contribution in [0.15, 0.2) is 24.3 Å². The maximum atomic E-state index is 11.7. The van der Waals surface area contributed by atoms with E-state index in [-0.39, 0.29) is 18.3 Å². The quantitative estimate of drug-likeness (QED) is 0.632. The Hall–Kier alpha value is -1.30. The normalized spacial score (nSPS) is 16.5. The van der Waals surface area contributed by atoms with Crippen molar-refractivity contribution >= 4 is 18.3 Å². The molecular formula is C18H29ClN2O3. The third kappa shape index (κ3) is 7.99. The van der Waals surface area contributed by atoms with Crippen LogP contribution < -0.4 is 15.4 Å². The van der Waals surface area contributed by atoms with Crippen molar-refractivity contribution in [3.05, 3.63) is 29.8 Å². The van der Waals surface area contributed by atoms with Crippen LogP contribution in [0.4, 0.5) is 0 Å². The first-order valence-corrected chi connectivity index (χ1v) is 8.48. The molecule has 1 fully saturated rings. The lowest BCUT2D eigenvalue weighted by atomic mass is 10.1. The van der Waals surface area contributed by atoms with Crippen molar-refractivity contribution in [3.63, 3.8) is 0 Å². The highest BCUT2D eigenvalue weighted by Crippen LogP contribution is 2.13. The van der Waals surface area contributed by atoms with Crippen molar-refractivity contribution in [1.82, 2.24) is 10.6 Å². The Labute approximate surface area is 150 Å². The van der Waals surface area contributed by atoms with E-state index in [1.807, 2.05) is 12.1 Å². The second kappa shape index (κ2) is 12.1. The van der Waals surface area contributed by atoms with E-state index in [2.05, 4.69) is 22.8 Å². The molecule has 24 heavy (non-hydrogen) atoms. The summed E-state index contributed by atoms with van der Waals surface area (Å²) in [7, 11) is 1.71. The Kier molecular flexibility index (Phi) is 10.5. The molecule has 1 amide bonds. The van der Waals surface area contributed by atoms with Gasteiger partial charge >= 0.3 is 0 Å². The molecule has 1 saturated heterocycles. The predicted octanol–water partition coefficient (Wildman–Crippen LogP) is 2.32. The van der Waals surface area contributed by atoms with Gasteiger partial charge in [0.1, 0.15) is 5.75 Å². The molecule has 1 aromatic rings. The summed E-state index contributed by atoms with van der Waals surface area (Å²) in [5.74, 6) is 0.957. The lowest BCUT2D eigenvalue weighted by molar-refractivity contribution is -0.121. The minimum absolute atomic E-state index is 0. The lowest BCUT2D eigenvalue weighted by Gasteiger charge is -2.11. The molecule has 0 aromatic heterocycles. The first-order chi connectivity index (χ1) is 11.3. The molecule has 1 aromatic carbocycles. The van der Waals surface area contributed by atoms with Gasteiger partial charge in [-0.3, -0.25) is 4.79 Å². The predicted molar refractivity (Wildman–Crippen MR) is 98.0 cm³/mol. The van der Waals surface area contributed by atoms with Gasteiger partial charge in [-0.2, -0.15) is 0 Å². The van der Waals surface area contributed by atoms with Crippen LogP contribution in [0, 0.1) is 0 Å². The summed E-state index contributed by atoms with van der Waals surface area (Å²) in [6.07, 6.45) is 4.52. The van der Waals surface area contributed by atoms with E-state index >= 15 is 0 Å². The fourth-order valence-corrected chi connectivity index (χ4v) is 2.65. The minimum Gasteiger partial charge on any atom is -0.494 e. The zero-order valence-electron chi connectivity index (χ0n) is 14.4. The van der Waals surface area contributed by atoms with Gasteiger partial charge in [0.05, 0.1) is 13.2 Å². The Morgan fingerprint density at radius 1 is 1.29 bits per heavy atom. The number of carbonyl (C=O) groups is 1. The summed E-state index contributed by atoms with van der Waals surface area (Å²) < 4.78 is 10.7. The number of carbonyl (C=O) groups excluding carboxylic acids is 1. The molecule has 0 radical (unpaired) electrons.